The van der Waals surface area contributed by atoms with E-state index in [9.17, 15) is 22.8 Å². The van der Waals surface area contributed by atoms with Gasteiger partial charge in [-0.3, -0.25) is 14.1 Å². The van der Waals surface area contributed by atoms with Gasteiger partial charge in [-0.25, -0.2) is 15.6 Å². The van der Waals surface area contributed by atoms with Crippen LogP contribution in [0.25, 0.3) is 0 Å². The molecule has 2 bridgehead atoms. The fourth-order valence-corrected chi connectivity index (χ4v) is 4.01. The maximum Gasteiger partial charge on any atom is 0.418 e. The number of nitrogens with two attached hydrogens (primary N) is 1. The third-order valence-corrected chi connectivity index (χ3v) is 5.25. The molecule has 0 radical (unpaired) electrons. The average molecular weight is 391 g/mol. The highest BCUT2D eigenvalue weighted by Crippen LogP contribution is 2.31. The third-order valence-electron chi connectivity index (χ3n) is 4.90. The Balaban J connectivity index is 1.69. The molecule has 0 saturated carbocycles. The smallest absolute Gasteiger partial charge is 0.316 e. The number of hydrogen-bond donors (Lipinski definition) is 3. The zero-order valence-electron chi connectivity index (χ0n) is 13.9. The van der Waals surface area contributed by atoms with Gasteiger partial charge in [0.05, 0.1) is 12.0 Å². The van der Waals surface area contributed by atoms with E-state index in [0.29, 0.717) is 23.0 Å². The van der Waals surface area contributed by atoms with E-state index in [1.807, 2.05) is 0 Å². The second-order valence-corrected chi connectivity index (χ2v) is 7.60. The van der Waals surface area contributed by atoms with Gasteiger partial charge in [-0.05, 0) is 32.2 Å². The highest BCUT2D eigenvalue weighted by Gasteiger charge is 2.50. The maximum atomic E-state index is 12.6. The third kappa shape index (κ3) is 3.66. The highest BCUT2D eigenvalue weighted by atomic mass is 32.3. The van der Waals surface area contributed by atoms with E-state index in [0.717, 1.165) is 17.9 Å². The molecule has 4 amide bonds. The molecular weight excluding hydrogens is 370 g/mol. The van der Waals surface area contributed by atoms with Crippen molar-refractivity contribution in [1.29, 1.82) is 0 Å². The Morgan fingerprint density at radius 2 is 2.00 bits per heavy atom. The van der Waals surface area contributed by atoms with Crippen molar-refractivity contribution in [1.82, 2.24) is 20.3 Å². The number of rotatable bonds is 4. The lowest BCUT2D eigenvalue weighted by molar-refractivity contribution is -0.151. The number of imide groups is 1. The summed E-state index contributed by atoms with van der Waals surface area (Å²) in [5.74, 6) is 4.09. The molecule has 3 heterocycles. The van der Waals surface area contributed by atoms with Crippen molar-refractivity contribution < 1.29 is 31.6 Å². The minimum Gasteiger partial charge on any atom is -0.316 e. The van der Waals surface area contributed by atoms with Crippen LogP contribution in [-0.2, 0) is 24.3 Å². The Labute approximate surface area is 150 Å². The predicted octanol–water partition coefficient (Wildman–Crippen LogP) is -1.78. The maximum absolute atomic E-state index is 12.6. The van der Waals surface area contributed by atoms with Crippen LogP contribution in [0.5, 0.6) is 0 Å². The van der Waals surface area contributed by atoms with Gasteiger partial charge in [0.15, 0.2) is 0 Å². The number of nitrogens with one attached hydrogen (secondary N) is 1. The normalized spacial score (nSPS) is 29.0. The van der Waals surface area contributed by atoms with E-state index >= 15 is 0 Å². The van der Waals surface area contributed by atoms with Crippen LogP contribution in [0.4, 0.5) is 4.79 Å². The van der Waals surface area contributed by atoms with Crippen LogP contribution in [0.3, 0.4) is 0 Å². The second kappa shape index (κ2) is 7.08. The number of hydroxylamine groups is 2. The first kappa shape index (κ1) is 19.0. The van der Waals surface area contributed by atoms with Crippen molar-refractivity contribution in [2.24, 2.45) is 11.8 Å². The van der Waals surface area contributed by atoms with Crippen LogP contribution in [0, 0.1) is 5.92 Å². The first-order valence-electron chi connectivity index (χ1n) is 8.29. The summed E-state index contributed by atoms with van der Waals surface area (Å²) in [5.41, 5.74) is 0. The molecule has 3 aliphatic rings. The summed E-state index contributed by atoms with van der Waals surface area (Å²) in [6.07, 6.45) is 1.89. The van der Waals surface area contributed by atoms with Gasteiger partial charge in [0, 0.05) is 13.1 Å². The van der Waals surface area contributed by atoms with Crippen LogP contribution < -0.4 is 11.2 Å². The van der Waals surface area contributed by atoms with Crippen molar-refractivity contribution in [3.63, 3.8) is 0 Å². The van der Waals surface area contributed by atoms with Crippen molar-refractivity contribution in [3.05, 3.63) is 0 Å². The van der Waals surface area contributed by atoms with E-state index in [1.165, 1.54) is 0 Å². The summed E-state index contributed by atoms with van der Waals surface area (Å²) >= 11 is 0. The molecule has 1 unspecified atom stereocenters. The Bertz CT molecular complexity index is 708. The number of hydrogen-bond acceptors (Lipinski definition) is 8. The van der Waals surface area contributed by atoms with E-state index in [-0.39, 0.29) is 19.4 Å². The molecule has 3 fully saturated rings. The standard InChI is InChI=1S/C13H21N5O7S/c14-17(11(19)8-2-1-5-15-6-8)12(20)10-4-3-9-7-16(10)13(21)18(9)25-26(22,23)24/h8-10,15H,1-7,14H2,(H,22,23,24)/t8?,9-,10+/m1/s1. The second-order valence-electron chi connectivity index (χ2n) is 6.60. The molecule has 3 saturated heterocycles. The lowest BCUT2D eigenvalue weighted by atomic mass is 9.97. The molecule has 146 valence electrons. The zero-order valence-corrected chi connectivity index (χ0v) is 14.7. The van der Waals surface area contributed by atoms with Gasteiger partial charge in [0.2, 0.25) is 5.91 Å². The van der Waals surface area contributed by atoms with Crippen molar-refractivity contribution >= 4 is 28.2 Å². The molecule has 0 spiro atoms. The van der Waals surface area contributed by atoms with Crippen LogP contribution in [0.1, 0.15) is 25.7 Å². The van der Waals surface area contributed by atoms with E-state index in [2.05, 4.69) is 9.60 Å². The summed E-state index contributed by atoms with van der Waals surface area (Å²) in [6, 6.07) is -2.47. The number of fused-ring (bicyclic) bond motifs is 2. The first-order valence-corrected chi connectivity index (χ1v) is 9.65. The number of carbonyl (C=O) groups excluding carboxylic acids is 3. The lowest BCUT2D eigenvalue weighted by Crippen LogP contribution is -2.57. The van der Waals surface area contributed by atoms with Crippen LogP contribution in [-0.4, -0.2) is 77.5 Å². The number of urea groups is 1. The topological polar surface area (TPSA) is 163 Å². The Kier molecular flexibility index (Phi) is 5.16. The van der Waals surface area contributed by atoms with Crippen molar-refractivity contribution in [2.75, 3.05) is 19.6 Å². The van der Waals surface area contributed by atoms with Gasteiger partial charge in [0.25, 0.3) is 5.91 Å². The molecule has 13 heteroatoms. The molecular formula is C13H21N5O7S. The molecule has 0 aromatic heterocycles. The molecule has 0 aliphatic carbocycles. The van der Waals surface area contributed by atoms with Gasteiger partial charge >= 0.3 is 16.4 Å². The number of carbonyl (C=O) groups is 3. The number of hydrazine groups is 1. The monoisotopic (exact) mass is 391 g/mol. The molecule has 0 aromatic carbocycles. The lowest BCUT2D eigenvalue weighted by Gasteiger charge is -2.33. The van der Waals surface area contributed by atoms with E-state index in [1.54, 1.807) is 0 Å². The molecule has 3 atom stereocenters. The van der Waals surface area contributed by atoms with Crippen molar-refractivity contribution in [3.8, 4) is 0 Å². The molecule has 3 rings (SSSR count). The number of piperidine rings is 2. The Morgan fingerprint density at radius 3 is 2.62 bits per heavy atom. The van der Waals surface area contributed by atoms with Gasteiger partial charge in [-0.2, -0.15) is 13.5 Å². The summed E-state index contributed by atoms with van der Waals surface area (Å²) in [6.45, 7) is 1.28. The quantitative estimate of drug-likeness (QED) is 0.165. The minimum atomic E-state index is -4.86. The highest BCUT2D eigenvalue weighted by molar-refractivity contribution is 7.80. The summed E-state index contributed by atoms with van der Waals surface area (Å²) < 4.78 is 34.9. The van der Waals surface area contributed by atoms with Gasteiger partial charge in [0.1, 0.15) is 6.04 Å². The molecule has 26 heavy (non-hydrogen) atoms. The average Bonchev–Trinajstić information content (AvgIpc) is 2.84. The minimum absolute atomic E-state index is 0.0395. The number of amides is 4. The van der Waals surface area contributed by atoms with Crippen LogP contribution in [0.2, 0.25) is 0 Å². The summed E-state index contributed by atoms with van der Waals surface area (Å²) in [5, 5.41) is 4.16. The molecule has 0 aromatic rings. The van der Waals surface area contributed by atoms with Gasteiger partial charge < -0.3 is 10.2 Å². The fraction of sp³-hybridized carbons (Fsp3) is 0.769. The predicted molar refractivity (Wildman–Crippen MR) is 85.0 cm³/mol. The van der Waals surface area contributed by atoms with E-state index < -0.39 is 46.2 Å². The summed E-state index contributed by atoms with van der Waals surface area (Å²) in [4.78, 5) is 38.5. The Hall–Kier alpha value is -1.80. The largest absolute Gasteiger partial charge is 0.418 e. The first-order chi connectivity index (χ1) is 12.2. The Morgan fingerprint density at radius 1 is 1.27 bits per heavy atom. The van der Waals surface area contributed by atoms with Crippen molar-refractivity contribution in [2.45, 2.75) is 37.8 Å². The fourth-order valence-electron chi connectivity index (χ4n) is 3.62. The zero-order chi connectivity index (χ0) is 19.1. The van der Waals surface area contributed by atoms with Gasteiger partial charge in [-0.1, -0.05) is 0 Å². The number of nitrogens with zero attached hydrogens (tertiary/aromatic N) is 3. The molecule has 12 nitrogen and oxygen atoms in total. The van der Waals surface area contributed by atoms with E-state index in [4.69, 9.17) is 10.4 Å². The van der Waals surface area contributed by atoms with Gasteiger partial charge in [-0.15, -0.1) is 4.28 Å². The molecule has 4 N–H and O–H groups in total. The van der Waals surface area contributed by atoms with Crippen LogP contribution >= 0.6 is 0 Å². The summed E-state index contributed by atoms with van der Waals surface area (Å²) in [7, 11) is -4.86. The van der Waals surface area contributed by atoms with Crippen LogP contribution in [0.15, 0.2) is 0 Å². The molecule has 3 aliphatic heterocycles. The SMILES string of the molecule is NN(C(=O)C1CCCNC1)C(=O)[C@@H]1CC[C@@H]2CN1C(=O)N2OS(=O)(=O)O.